The molecule has 0 spiro atoms. The monoisotopic (exact) mass is 191 g/mol. The summed E-state index contributed by atoms with van der Waals surface area (Å²) in [5.74, 6) is -2.00. The molecular formula is C10H6FNO2. The highest BCUT2D eigenvalue weighted by molar-refractivity contribution is 5.94. The Hall–Kier alpha value is -1.97. The van der Waals surface area contributed by atoms with E-state index in [1.54, 1.807) is 6.07 Å². The molecule has 0 bridgehead atoms. The number of aromatic nitrogens is 1. The van der Waals surface area contributed by atoms with Crippen molar-refractivity contribution in [1.82, 2.24) is 4.98 Å². The minimum atomic E-state index is -1.26. The Morgan fingerprint density at radius 1 is 1.36 bits per heavy atom. The first kappa shape index (κ1) is 8.62. The first-order valence-corrected chi connectivity index (χ1v) is 3.95. The van der Waals surface area contributed by atoms with Crippen LogP contribution in [-0.2, 0) is 0 Å². The van der Waals surface area contributed by atoms with E-state index in [1.807, 2.05) is 0 Å². The van der Waals surface area contributed by atoms with Gasteiger partial charge < -0.3 is 5.11 Å². The van der Waals surface area contributed by atoms with Gasteiger partial charge in [0, 0.05) is 17.8 Å². The van der Waals surface area contributed by atoms with Crippen molar-refractivity contribution in [2.24, 2.45) is 0 Å². The SMILES string of the molecule is O=C(O)c1cc2ccncc2cc1F. The van der Waals surface area contributed by atoms with E-state index in [1.165, 1.54) is 24.5 Å². The number of carbonyl (C=O) groups is 1. The molecule has 2 aromatic rings. The third kappa shape index (κ3) is 1.31. The first-order chi connectivity index (χ1) is 6.68. The van der Waals surface area contributed by atoms with Crippen LogP contribution < -0.4 is 0 Å². The summed E-state index contributed by atoms with van der Waals surface area (Å²) >= 11 is 0. The molecule has 1 N–H and O–H groups in total. The Bertz CT molecular complexity index is 510. The summed E-state index contributed by atoms with van der Waals surface area (Å²) < 4.78 is 13.2. The minimum absolute atomic E-state index is 0.316. The lowest BCUT2D eigenvalue weighted by atomic mass is 10.1. The van der Waals surface area contributed by atoms with E-state index in [0.717, 1.165) is 0 Å². The Kier molecular flexibility index (Phi) is 1.89. The lowest BCUT2D eigenvalue weighted by molar-refractivity contribution is 0.0692. The van der Waals surface area contributed by atoms with E-state index in [-0.39, 0.29) is 5.56 Å². The molecule has 0 atom stereocenters. The van der Waals surface area contributed by atoms with Crippen LogP contribution in [0.15, 0.2) is 30.6 Å². The van der Waals surface area contributed by atoms with E-state index >= 15 is 0 Å². The molecule has 70 valence electrons. The van der Waals surface area contributed by atoms with Crippen LogP contribution >= 0.6 is 0 Å². The van der Waals surface area contributed by atoms with Crippen LogP contribution in [0.3, 0.4) is 0 Å². The van der Waals surface area contributed by atoms with Gasteiger partial charge in [0.05, 0.1) is 5.56 Å². The fourth-order valence-electron chi connectivity index (χ4n) is 1.27. The van der Waals surface area contributed by atoms with E-state index in [4.69, 9.17) is 5.11 Å². The van der Waals surface area contributed by atoms with Crippen LogP contribution in [0.4, 0.5) is 4.39 Å². The van der Waals surface area contributed by atoms with Gasteiger partial charge in [-0.3, -0.25) is 4.98 Å². The van der Waals surface area contributed by atoms with Gasteiger partial charge in [-0.05, 0) is 23.6 Å². The molecule has 1 aromatic carbocycles. The maximum absolute atomic E-state index is 13.2. The zero-order chi connectivity index (χ0) is 10.1. The van der Waals surface area contributed by atoms with E-state index in [0.29, 0.717) is 10.8 Å². The number of aromatic carboxylic acids is 1. The Morgan fingerprint density at radius 3 is 2.86 bits per heavy atom. The predicted molar refractivity (Wildman–Crippen MR) is 48.7 cm³/mol. The Labute approximate surface area is 78.8 Å². The topological polar surface area (TPSA) is 50.2 Å². The van der Waals surface area contributed by atoms with Gasteiger partial charge in [0.15, 0.2) is 0 Å². The lowest BCUT2D eigenvalue weighted by Gasteiger charge is -2.00. The molecule has 0 amide bonds. The largest absolute Gasteiger partial charge is 0.478 e. The van der Waals surface area contributed by atoms with Crippen LogP contribution in [0.1, 0.15) is 10.4 Å². The number of pyridine rings is 1. The summed E-state index contributed by atoms with van der Waals surface area (Å²) in [7, 11) is 0. The molecule has 0 saturated heterocycles. The van der Waals surface area contributed by atoms with Gasteiger partial charge in [0.1, 0.15) is 5.82 Å². The number of halogens is 1. The van der Waals surface area contributed by atoms with Gasteiger partial charge >= 0.3 is 5.97 Å². The van der Waals surface area contributed by atoms with Crippen LogP contribution in [0.25, 0.3) is 10.8 Å². The second-order valence-corrected chi connectivity index (χ2v) is 2.86. The molecule has 1 heterocycles. The second-order valence-electron chi connectivity index (χ2n) is 2.86. The molecule has 0 aliphatic rings. The van der Waals surface area contributed by atoms with Gasteiger partial charge in [0.2, 0.25) is 0 Å². The van der Waals surface area contributed by atoms with E-state index in [9.17, 15) is 9.18 Å². The zero-order valence-electron chi connectivity index (χ0n) is 7.07. The molecule has 0 aliphatic carbocycles. The molecule has 0 saturated carbocycles. The first-order valence-electron chi connectivity index (χ1n) is 3.95. The number of fused-ring (bicyclic) bond motifs is 1. The number of hydrogen-bond donors (Lipinski definition) is 1. The highest BCUT2D eigenvalue weighted by Crippen LogP contribution is 2.17. The summed E-state index contributed by atoms with van der Waals surface area (Å²) in [6, 6.07) is 4.11. The molecule has 0 radical (unpaired) electrons. The Morgan fingerprint density at radius 2 is 2.14 bits per heavy atom. The fourth-order valence-corrected chi connectivity index (χ4v) is 1.27. The number of hydrogen-bond acceptors (Lipinski definition) is 2. The normalized spacial score (nSPS) is 10.4. The summed E-state index contributed by atoms with van der Waals surface area (Å²) in [6.07, 6.45) is 3.02. The van der Waals surface area contributed by atoms with E-state index < -0.39 is 11.8 Å². The number of carboxylic acids is 1. The van der Waals surface area contributed by atoms with Crippen LogP contribution in [0, 0.1) is 5.82 Å². The van der Waals surface area contributed by atoms with Crippen molar-refractivity contribution >= 4 is 16.7 Å². The van der Waals surface area contributed by atoms with Crippen molar-refractivity contribution in [3.8, 4) is 0 Å². The molecule has 2 rings (SSSR count). The molecule has 3 nitrogen and oxygen atoms in total. The number of nitrogens with zero attached hydrogens (tertiary/aromatic N) is 1. The summed E-state index contributed by atoms with van der Waals surface area (Å²) in [5.41, 5.74) is -0.316. The average molecular weight is 191 g/mol. The highest BCUT2D eigenvalue weighted by atomic mass is 19.1. The molecule has 1 aromatic heterocycles. The van der Waals surface area contributed by atoms with Crippen molar-refractivity contribution < 1.29 is 14.3 Å². The molecule has 0 aliphatic heterocycles. The van der Waals surface area contributed by atoms with Crippen molar-refractivity contribution in [1.29, 1.82) is 0 Å². The van der Waals surface area contributed by atoms with Crippen LogP contribution in [0.5, 0.6) is 0 Å². The van der Waals surface area contributed by atoms with Gasteiger partial charge in [-0.15, -0.1) is 0 Å². The number of benzene rings is 1. The molecule has 0 fully saturated rings. The third-order valence-corrected chi connectivity index (χ3v) is 1.96. The molecule has 14 heavy (non-hydrogen) atoms. The Balaban J connectivity index is 2.77. The summed E-state index contributed by atoms with van der Waals surface area (Å²) in [6.45, 7) is 0. The predicted octanol–water partition coefficient (Wildman–Crippen LogP) is 2.07. The quantitative estimate of drug-likeness (QED) is 0.750. The van der Waals surface area contributed by atoms with Crippen LogP contribution in [-0.4, -0.2) is 16.1 Å². The van der Waals surface area contributed by atoms with Gasteiger partial charge in [-0.25, -0.2) is 9.18 Å². The summed E-state index contributed by atoms with van der Waals surface area (Å²) in [4.78, 5) is 14.4. The van der Waals surface area contributed by atoms with Gasteiger partial charge in [0.25, 0.3) is 0 Å². The van der Waals surface area contributed by atoms with Crippen LogP contribution in [0.2, 0.25) is 0 Å². The maximum atomic E-state index is 13.2. The average Bonchev–Trinajstić information content (AvgIpc) is 2.16. The molecule has 4 heteroatoms. The smallest absolute Gasteiger partial charge is 0.338 e. The molecular weight excluding hydrogens is 185 g/mol. The second kappa shape index (κ2) is 3.06. The number of carboxylic acid groups (broad SMARTS) is 1. The van der Waals surface area contributed by atoms with Gasteiger partial charge in [-0.2, -0.15) is 0 Å². The number of rotatable bonds is 1. The van der Waals surface area contributed by atoms with Gasteiger partial charge in [-0.1, -0.05) is 0 Å². The fraction of sp³-hybridized carbons (Fsp3) is 0. The standard InChI is InChI=1S/C10H6FNO2/c11-9-4-7-5-12-2-1-6(7)3-8(9)10(13)14/h1-5H,(H,13,14). The lowest BCUT2D eigenvalue weighted by Crippen LogP contribution is -2.00. The van der Waals surface area contributed by atoms with Crippen molar-refractivity contribution in [3.05, 3.63) is 42.0 Å². The maximum Gasteiger partial charge on any atom is 0.338 e. The molecule has 0 unspecified atom stereocenters. The summed E-state index contributed by atoms with van der Waals surface area (Å²) in [5, 5.41) is 9.93. The third-order valence-electron chi connectivity index (χ3n) is 1.96. The van der Waals surface area contributed by atoms with Crippen molar-refractivity contribution in [2.75, 3.05) is 0 Å². The highest BCUT2D eigenvalue weighted by Gasteiger charge is 2.10. The van der Waals surface area contributed by atoms with E-state index in [2.05, 4.69) is 4.98 Å². The van der Waals surface area contributed by atoms with Crippen molar-refractivity contribution in [2.45, 2.75) is 0 Å². The zero-order valence-corrected chi connectivity index (χ0v) is 7.07. The minimum Gasteiger partial charge on any atom is -0.478 e. The van der Waals surface area contributed by atoms with Crippen molar-refractivity contribution in [3.63, 3.8) is 0 Å².